The van der Waals surface area contributed by atoms with Crippen molar-refractivity contribution in [3.05, 3.63) is 42.0 Å². The standard InChI is InChI=1S/C13H17FO/c1-10(2)8-12(13(14)9-15)11-6-4-3-5-7-11/h3-8,10,13,15H,9H2,1-2H3/b12-8-/t13-/m0/s1. The first-order chi connectivity index (χ1) is 7.15. The number of benzene rings is 1. The van der Waals surface area contributed by atoms with Gasteiger partial charge in [0, 0.05) is 0 Å². The van der Waals surface area contributed by atoms with Crippen molar-refractivity contribution in [1.82, 2.24) is 0 Å². The van der Waals surface area contributed by atoms with Gasteiger partial charge in [0.1, 0.15) is 6.17 Å². The molecule has 0 aliphatic rings. The van der Waals surface area contributed by atoms with Gasteiger partial charge in [0.05, 0.1) is 6.61 Å². The molecule has 0 aliphatic carbocycles. The molecule has 0 spiro atoms. The Morgan fingerprint density at radius 3 is 2.40 bits per heavy atom. The highest BCUT2D eigenvalue weighted by Gasteiger charge is 2.13. The number of halogens is 1. The lowest BCUT2D eigenvalue weighted by atomic mass is 9.98. The molecule has 0 saturated carbocycles. The maximum absolute atomic E-state index is 13.5. The van der Waals surface area contributed by atoms with Gasteiger partial charge in [-0.3, -0.25) is 0 Å². The van der Waals surface area contributed by atoms with Crippen molar-refractivity contribution >= 4 is 5.57 Å². The molecule has 1 rings (SSSR count). The average Bonchev–Trinajstić information content (AvgIpc) is 2.26. The first kappa shape index (κ1) is 11.9. The zero-order valence-corrected chi connectivity index (χ0v) is 9.15. The minimum atomic E-state index is -1.30. The number of rotatable bonds is 4. The summed E-state index contributed by atoms with van der Waals surface area (Å²) in [5.41, 5.74) is 1.42. The van der Waals surface area contributed by atoms with E-state index < -0.39 is 12.8 Å². The van der Waals surface area contributed by atoms with Gasteiger partial charge in [-0.05, 0) is 17.1 Å². The zero-order valence-electron chi connectivity index (χ0n) is 9.15. The molecule has 0 fully saturated rings. The third-order valence-electron chi connectivity index (χ3n) is 2.12. The zero-order chi connectivity index (χ0) is 11.3. The molecule has 0 bridgehead atoms. The molecule has 2 heteroatoms. The number of aliphatic hydroxyl groups is 1. The van der Waals surface area contributed by atoms with Crippen LogP contribution in [0, 0.1) is 5.92 Å². The lowest BCUT2D eigenvalue weighted by molar-refractivity contribution is 0.215. The second-order valence-electron chi connectivity index (χ2n) is 3.88. The predicted molar refractivity (Wildman–Crippen MR) is 61.2 cm³/mol. The Morgan fingerprint density at radius 1 is 1.33 bits per heavy atom. The van der Waals surface area contributed by atoms with E-state index in [4.69, 9.17) is 5.11 Å². The average molecular weight is 208 g/mol. The molecule has 0 aliphatic heterocycles. The van der Waals surface area contributed by atoms with E-state index in [9.17, 15) is 4.39 Å². The van der Waals surface area contributed by atoms with Crippen LogP contribution in [0.2, 0.25) is 0 Å². The number of aliphatic hydroxyl groups excluding tert-OH is 1. The van der Waals surface area contributed by atoms with Crippen LogP contribution in [0.5, 0.6) is 0 Å². The Bertz CT molecular complexity index is 317. The minimum Gasteiger partial charge on any atom is -0.393 e. The number of hydrogen-bond donors (Lipinski definition) is 1. The highest BCUT2D eigenvalue weighted by atomic mass is 19.1. The van der Waals surface area contributed by atoms with Crippen molar-refractivity contribution in [2.75, 3.05) is 6.61 Å². The minimum absolute atomic E-state index is 0.269. The molecule has 1 N–H and O–H groups in total. The van der Waals surface area contributed by atoms with Crippen molar-refractivity contribution in [3.8, 4) is 0 Å². The largest absolute Gasteiger partial charge is 0.393 e. The van der Waals surface area contributed by atoms with Gasteiger partial charge in [-0.15, -0.1) is 0 Å². The summed E-state index contributed by atoms with van der Waals surface area (Å²) in [4.78, 5) is 0. The molecule has 15 heavy (non-hydrogen) atoms. The summed E-state index contributed by atoms with van der Waals surface area (Å²) in [7, 11) is 0. The summed E-state index contributed by atoms with van der Waals surface area (Å²) in [6, 6.07) is 9.34. The fourth-order valence-electron chi connectivity index (χ4n) is 1.47. The quantitative estimate of drug-likeness (QED) is 0.806. The Labute approximate surface area is 90.3 Å². The Morgan fingerprint density at radius 2 is 1.93 bits per heavy atom. The van der Waals surface area contributed by atoms with Crippen LogP contribution in [0.25, 0.3) is 5.57 Å². The van der Waals surface area contributed by atoms with Crippen molar-refractivity contribution < 1.29 is 9.50 Å². The molecule has 0 amide bonds. The summed E-state index contributed by atoms with van der Waals surface area (Å²) in [5.74, 6) is 0.269. The molecule has 0 radical (unpaired) electrons. The van der Waals surface area contributed by atoms with Crippen molar-refractivity contribution in [3.63, 3.8) is 0 Å². The van der Waals surface area contributed by atoms with Gasteiger partial charge in [-0.2, -0.15) is 0 Å². The van der Waals surface area contributed by atoms with Crippen molar-refractivity contribution in [1.29, 1.82) is 0 Å². The Hall–Kier alpha value is -1.15. The van der Waals surface area contributed by atoms with E-state index in [-0.39, 0.29) is 5.92 Å². The van der Waals surface area contributed by atoms with Crippen molar-refractivity contribution in [2.24, 2.45) is 5.92 Å². The van der Waals surface area contributed by atoms with Crippen LogP contribution in [0.3, 0.4) is 0 Å². The first-order valence-corrected chi connectivity index (χ1v) is 5.17. The maximum atomic E-state index is 13.5. The van der Waals surface area contributed by atoms with Crippen LogP contribution in [-0.4, -0.2) is 17.9 Å². The number of hydrogen-bond acceptors (Lipinski definition) is 1. The van der Waals surface area contributed by atoms with Crippen LogP contribution in [0.4, 0.5) is 4.39 Å². The van der Waals surface area contributed by atoms with E-state index in [0.717, 1.165) is 5.56 Å². The van der Waals surface area contributed by atoms with Gasteiger partial charge >= 0.3 is 0 Å². The van der Waals surface area contributed by atoms with Crippen LogP contribution in [0.15, 0.2) is 36.4 Å². The third-order valence-corrected chi connectivity index (χ3v) is 2.12. The maximum Gasteiger partial charge on any atom is 0.148 e. The summed E-state index contributed by atoms with van der Waals surface area (Å²) in [6.07, 6.45) is 0.561. The summed E-state index contributed by atoms with van der Waals surface area (Å²) < 4.78 is 13.5. The number of allylic oxidation sites excluding steroid dienone is 1. The summed E-state index contributed by atoms with van der Waals surface area (Å²) >= 11 is 0. The number of alkyl halides is 1. The normalized spacial score (nSPS) is 14.3. The molecule has 0 heterocycles. The van der Waals surface area contributed by atoms with E-state index >= 15 is 0 Å². The van der Waals surface area contributed by atoms with E-state index in [1.165, 1.54) is 0 Å². The molecule has 0 aromatic heterocycles. The smallest absolute Gasteiger partial charge is 0.148 e. The fourth-order valence-corrected chi connectivity index (χ4v) is 1.47. The monoisotopic (exact) mass is 208 g/mol. The van der Waals surface area contributed by atoms with Gasteiger partial charge in [0.25, 0.3) is 0 Å². The highest BCUT2D eigenvalue weighted by molar-refractivity contribution is 5.68. The molecular weight excluding hydrogens is 191 g/mol. The van der Waals surface area contributed by atoms with Crippen molar-refractivity contribution in [2.45, 2.75) is 20.0 Å². The molecular formula is C13H17FO. The fraction of sp³-hybridized carbons (Fsp3) is 0.385. The van der Waals surface area contributed by atoms with E-state index in [2.05, 4.69) is 0 Å². The van der Waals surface area contributed by atoms with Crippen LogP contribution in [-0.2, 0) is 0 Å². The molecule has 1 aromatic rings. The second kappa shape index (κ2) is 5.66. The van der Waals surface area contributed by atoms with Gasteiger partial charge in [0.2, 0.25) is 0 Å². The molecule has 82 valence electrons. The predicted octanol–water partition coefficient (Wildman–Crippen LogP) is 3.06. The molecule has 0 unspecified atom stereocenters. The van der Waals surface area contributed by atoms with Gasteiger partial charge in [-0.25, -0.2) is 4.39 Å². The van der Waals surface area contributed by atoms with E-state index in [0.29, 0.717) is 5.57 Å². The third kappa shape index (κ3) is 3.48. The van der Waals surface area contributed by atoms with Crippen LogP contribution in [0.1, 0.15) is 19.4 Å². The molecule has 1 atom stereocenters. The molecule has 1 aromatic carbocycles. The van der Waals surface area contributed by atoms with Crippen LogP contribution >= 0.6 is 0 Å². The van der Waals surface area contributed by atoms with E-state index in [1.807, 2.05) is 50.3 Å². The summed E-state index contributed by atoms with van der Waals surface area (Å²) in [6.45, 7) is 3.52. The van der Waals surface area contributed by atoms with Crippen LogP contribution < -0.4 is 0 Å². The van der Waals surface area contributed by atoms with Gasteiger partial charge in [0.15, 0.2) is 0 Å². The lowest BCUT2D eigenvalue weighted by Crippen LogP contribution is -2.09. The topological polar surface area (TPSA) is 20.2 Å². The van der Waals surface area contributed by atoms with Gasteiger partial charge < -0.3 is 5.11 Å². The Balaban J connectivity index is 3.02. The summed E-state index contributed by atoms with van der Waals surface area (Å²) in [5, 5.41) is 8.86. The lowest BCUT2D eigenvalue weighted by Gasteiger charge is -2.12. The van der Waals surface area contributed by atoms with E-state index in [1.54, 1.807) is 0 Å². The Kier molecular flexibility index (Phi) is 4.50. The second-order valence-corrected chi connectivity index (χ2v) is 3.88. The molecule has 0 saturated heterocycles. The molecule has 1 nitrogen and oxygen atoms in total. The highest BCUT2D eigenvalue weighted by Crippen LogP contribution is 2.22. The first-order valence-electron chi connectivity index (χ1n) is 5.17. The van der Waals surface area contributed by atoms with Gasteiger partial charge in [-0.1, -0.05) is 50.3 Å². The SMILES string of the molecule is CC(C)/C=C(/c1ccccc1)[C@@H](F)CO.